The first kappa shape index (κ1) is 20.8. The number of anilines is 1. The van der Waals surface area contributed by atoms with Crippen molar-refractivity contribution in [2.45, 2.75) is 13.8 Å². The van der Waals surface area contributed by atoms with Gasteiger partial charge < -0.3 is 5.32 Å². The third-order valence-corrected chi connectivity index (χ3v) is 6.45. The summed E-state index contributed by atoms with van der Waals surface area (Å²) in [5, 5.41) is 10.4. The highest BCUT2D eigenvalue weighted by atomic mass is 32.1. The summed E-state index contributed by atoms with van der Waals surface area (Å²) >= 11 is 1.64. The van der Waals surface area contributed by atoms with E-state index in [1.165, 1.54) is 5.56 Å². The summed E-state index contributed by atoms with van der Waals surface area (Å²) in [5.41, 5.74) is 7.29. The molecular weight excluding hydrogens is 428 g/mol. The van der Waals surface area contributed by atoms with E-state index in [1.807, 2.05) is 73.7 Å². The fourth-order valence-corrected chi connectivity index (χ4v) is 4.65. The number of aromatic nitrogens is 3. The van der Waals surface area contributed by atoms with E-state index >= 15 is 0 Å². The summed E-state index contributed by atoms with van der Waals surface area (Å²) < 4.78 is 1.77. The Balaban J connectivity index is 1.32. The van der Waals surface area contributed by atoms with Crippen LogP contribution in [0.5, 0.6) is 0 Å². The Morgan fingerprint density at radius 3 is 2.39 bits per heavy atom. The fraction of sp³-hybridized carbons (Fsp3) is 0.0741. The van der Waals surface area contributed by atoms with Crippen LogP contribution in [0.2, 0.25) is 0 Å². The number of carbonyl (C=O) groups excluding carboxylic acids is 1. The molecule has 0 aliphatic rings. The number of hydrogen-bond acceptors (Lipinski definition) is 4. The maximum absolute atomic E-state index is 12.9. The van der Waals surface area contributed by atoms with E-state index in [2.05, 4.69) is 34.9 Å². The number of nitrogens with one attached hydrogen (secondary N) is 1. The molecule has 0 saturated carbocycles. The number of carbonyl (C=O) groups is 1. The molecule has 5 nitrogen and oxygen atoms in total. The van der Waals surface area contributed by atoms with Crippen LogP contribution in [0, 0.1) is 13.8 Å². The topological polar surface area (TPSA) is 59.8 Å². The van der Waals surface area contributed by atoms with Gasteiger partial charge in [0.1, 0.15) is 5.01 Å². The lowest BCUT2D eigenvalue weighted by Crippen LogP contribution is -2.13. The van der Waals surface area contributed by atoms with Gasteiger partial charge in [-0.15, -0.1) is 11.3 Å². The number of amides is 1. The number of thiazole rings is 1. The average molecular weight is 451 g/mol. The maximum Gasteiger partial charge on any atom is 0.259 e. The summed E-state index contributed by atoms with van der Waals surface area (Å²) in [4.78, 5) is 17.7. The molecule has 0 aliphatic carbocycles. The van der Waals surface area contributed by atoms with Crippen molar-refractivity contribution in [3.8, 4) is 27.5 Å². The lowest BCUT2D eigenvalue weighted by atomic mass is 10.1. The third-order valence-electron chi connectivity index (χ3n) is 5.57. The van der Waals surface area contributed by atoms with E-state index in [9.17, 15) is 4.79 Å². The van der Waals surface area contributed by atoms with Crippen LogP contribution >= 0.6 is 11.3 Å². The second-order valence-corrected chi connectivity index (χ2v) is 8.63. The van der Waals surface area contributed by atoms with E-state index in [0.717, 1.165) is 38.9 Å². The fourth-order valence-electron chi connectivity index (χ4n) is 3.73. The highest BCUT2D eigenvalue weighted by Crippen LogP contribution is 2.31. The maximum atomic E-state index is 12.9. The van der Waals surface area contributed by atoms with Gasteiger partial charge >= 0.3 is 0 Å². The number of aryl methyl sites for hydroxylation is 1. The molecule has 6 heteroatoms. The molecule has 5 aromatic rings. The molecule has 3 aromatic carbocycles. The molecule has 0 saturated heterocycles. The SMILES string of the molecule is Cc1ccccc1-c1nc(-c2ccc(NC(=O)c3cnn(-c4ccccc4)c3C)cc2)cs1. The largest absolute Gasteiger partial charge is 0.322 e. The number of nitrogens with zero attached hydrogens (tertiary/aromatic N) is 3. The second-order valence-electron chi connectivity index (χ2n) is 7.78. The summed E-state index contributed by atoms with van der Waals surface area (Å²) in [7, 11) is 0. The smallest absolute Gasteiger partial charge is 0.259 e. The highest BCUT2D eigenvalue weighted by Gasteiger charge is 2.15. The summed E-state index contributed by atoms with van der Waals surface area (Å²) in [6.07, 6.45) is 1.61. The van der Waals surface area contributed by atoms with E-state index in [4.69, 9.17) is 4.98 Å². The zero-order chi connectivity index (χ0) is 22.8. The van der Waals surface area contributed by atoms with Gasteiger partial charge in [0.15, 0.2) is 0 Å². The van der Waals surface area contributed by atoms with Crippen LogP contribution in [0.3, 0.4) is 0 Å². The standard InChI is InChI=1S/C27H22N4OS/c1-18-8-6-7-11-23(18)27-30-25(17-33-27)20-12-14-21(15-13-20)29-26(32)24-16-28-31(19(24)2)22-9-4-3-5-10-22/h3-17H,1-2H3,(H,29,32). The first-order valence-electron chi connectivity index (χ1n) is 10.6. The Morgan fingerprint density at radius 2 is 1.64 bits per heavy atom. The van der Waals surface area contributed by atoms with Crippen molar-refractivity contribution < 1.29 is 4.79 Å². The first-order chi connectivity index (χ1) is 16.1. The number of hydrogen-bond donors (Lipinski definition) is 1. The van der Waals surface area contributed by atoms with Crippen molar-refractivity contribution in [2.24, 2.45) is 0 Å². The van der Waals surface area contributed by atoms with Crippen molar-refractivity contribution in [1.29, 1.82) is 0 Å². The van der Waals surface area contributed by atoms with Crippen LogP contribution in [-0.4, -0.2) is 20.7 Å². The van der Waals surface area contributed by atoms with E-state index < -0.39 is 0 Å². The van der Waals surface area contributed by atoms with Gasteiger partial charge in [-0.25, -0.2) is 9.67 Å². The Kier molecular flexibility index (Phi) is 5.59. The molecule has 33 heavy (non-hydrogen) atoms. The monoisotopic (exact) mass is 450 g/mol. The van der Waals surface area contributed by atoms with Gasteiger partial charge in [-0.2, -0.15) is 5.10 Å². The number of para-hydroxylation sites is 1. The molecule has 1 N–H and O–H groups in total. The van der Waals surface area contributed by atoms with Gasteiger partial charge in [-0.1, -0.05) is 54.6 Å². The summed E-state index contributed by atoms with van der Waals surface area (Å²) in [6.45, 7) is 3.99. The van der Waals surface area contributed by atoms with Crippen molar-refractivity contribution in [1.82, 2.24) is 14.8 Å². The van der Waals surface area contributed by atoms with Gasteiger partial charge in [-0.05, 0) is 43.7 Å². The molecule has 162 valence electrons. The van der Waals surface area contributed by atoms with Crippen LogP contribution in [0.15, 0.2) is 90.4 Å². The van der Waals surface area contributed by atoms with Crippen LogP contribution in [0.25, 0.3) is 27.5 Å². The van der Waals surface area contributed by atoms with E-state index in [1.54, 1.807) is 22.2 Å². The molecule has 1 amide bonds. The molecule has 0 radical (unpaired) electrons. The molecule has 0 atom stereocenters. The minimum absolute atomic E-state index is 0.182. The van der Waals surface area contributed by atoms with Crippen LogP contribution < -0.4 is 5.32 Å². The van der Waals surface area contributed by atoms with Gasteiger partial charge in [0.05, 0.1) is 28.8 Å². The van der Waals surface area contributed by atoms with Crippen LogP contribution in [0.1, 0.15) is 21.6 Å². The Bertz CT molecular complexity index is 1420. The normalized spacial score (nSPS) is 10.8. The zero-order valence-electron chi connectivity index (χ0n) is 18.3. The van der Waals surface area contributed by atoms with Gasteiger partial charge in [0.2, 0.25) is 0 Å². The van der Waals surface area contributed by atoms with Gasteiger partial charge in [-0.3, -0.25) is 4.79 Å². The number of benzene rings is 3. The first-order valence-corrected chi connectivity index (χ1v) is 11.5. The molecule has 0 unspecified atom stereocenters. The summed E-state index contributed by atoms with van der Waals surface area (Å²) in [5.74, 6) is -0.182. The molecule has 0 aliphatic heterocycles. The average Bonchev–Trinajstić information content (AvgIpc) is 3.48. The zero-order valence-corrected chi connectivity index (χ0v) is 19.1. The summed E-state index contributed by atoms with van der Waals surface area (Å²) in [6, 6.07) is 25.8. The van der Waals surface area contributed by atoms with Crippen molar-refractivity contribution in [2.75, 3.05) is 5.32 Å². The third kappa shape index (κ3) is 4.21. The molecule has 2 aromatic heterocycles. The van der Waals surface area contributed by atoms with E-state index in [-0.39, 0.29) is 5.91 Å². The lowest BCUT2D eigenvalue weighted by molar-refractivity contribution is 0.102. The Morgan fingerprint density at radius 1 is 0.909 bits per heavy atom. The minimum Gasteiger partial charge on any atom is -0.322 e. The van der Waals surface area contributed by atoms with Crippen molar-refractivity contribution in [3.63, 3.8) is 0 Å². The lowest BCUT2D eigenvalue weighted by Gasteiger charge is -2.07. The molecular formula is C27H22N4OS. The minimum atomic E-state index is -0.182. The molecule has 5 rings (SSSR count). The van der Waals surface area contributed by atoms with Crippen LogP contribution in [0.4, 0.5) is 5.69 Å². The molecule has 0 bridgehead atoms. The van der Waals surface area contributed by atoms with Gasteiger partial charge in [0.25, 0.3) is 5.91 Å². The second kappa shape index (κ2) is 8.84. The Hall–Kier alpha value is -4.03. The molecule has 2 heterocycles. The quantitative estimate of drug-likeness (QED) is 0.331. The Labute approximate surface area is 196 Å². The van der Waals surface area contributed by atoms with Crippen molar-refractivity contribution in [3.05, 3.63) is 107 Å². The highest BCUT2D eigenvalue weighted by molar-refractivity contribution is 7.13. The van der Waals surface area contributed by atoms with Gasteiger partial charge in [0, 0.05) is 22.2 Å². The molecule has 0 fully saturated rings. The van der Waals surface area contributed by atoms with Crippen molar-refractivity contribution >= 4 is 22.9 Å². The number of rotatable bonds is 5. The molecule has 0 spiro atoms. The van der Waals surface area contributed by atoms with Crippen LogP contribution in [-0.2, 0) is 0 Å². The van der Waals surface area contributed by atoms with E-state index in [0.29, 0.717) is 5.56 Å². The predicted octanol–water partition coefficient (Wildman–Crippen LogP) is 6.53. The predicted molar refractivity (Wildman–Crippen MR) is 134 cm³/mol.